The van der Waals surface area contributed by atoms with Gasteiger partial charge in [0.15, 0.2) is 0 Å². The third-order valence-electron chi connectivity index (χ3n) is 6.20. The zero-order valence-corrected chi connectivity index (χ0v) is 20.0. The summed E-state index contributed by atoms with van der Waals surface area (Å²) in [4.78, 5) is 23.9. The molecule has 0 radical (unpaired) electrons. The van der Waals surface area contributed by atoms with Crippen LogP contribution >= 0.6 is 0 Å². The van der Waals surface area contributed by atoms with Crippen LogP contribution in [0.3, 0.4) is 0 Å². The Morgan fingerprint density at radius 1 is 0.853 bits per heavy atom. The van der Waals surface area contributed by atoms with Gasteiger partial charge in [0.25, 0.3) is 0 Å². The molecule has 0 bridgehead atoms. The van der Waals surface area contributed by atoms with Gasteiger partial charge in [0.2, 0.25) is 5.91 Å². The van der Waals surface area contributed by atoms with Crippen LogP contribution in [0.15, 0.2) is 30.3 Å². The van der Waals surface area contributed by atoms with Crippen molar-refractivity contribution in [2.75, 3.05) is 52.7 Å². The Morgan fingerprint density at radius 3 is 2.21 bits per heavy atom. The van der Waals surface area contributed by atoms with Crippen LogP contribution in [0.1, 0.15) is 37.7 Å². The molecule has 2 fully saturated rings. The number of carbonyl (C=O) groups is 2. The normalized spacial score (nSPS) is 21.6. The monoisotopic (exact) mass is 477 g/mol. The maximum Gasteiger partial charge on any atom is 0.407 e. The highest BCUT2D eigenvalue weighted by molar-refractivity contribution is 5.82. The summed E-state index contributed by atoms with van der Waals surface area (Å²) in [6.07, 6.45) is 5.51. The Kier molecular flexibility index (Phi) is 12.2. The quantitative estimate of drug-likeness (QED) is 0.332. The average molecular weight is 478 g/mol. The second-order valence-electron chi connectivity index (χ2n) is 8.72. The van der Waals surface area contributed by atoms with Gasteiger partial charge in [0.1, 0.15) is 6.61 Å². The Hall–Kier alpha value is -2.20. The van der Waals surface area contributed by atoms with E-state index in [4.69, 9.17) is 18.9 Å². The van der Waals surface area contributed by atoms with E-state index >= 15 is 0 Å². The fourth-order valence-corrected chi connectivity index (χ4v) is 4.43. The molecule has 1 aromatic rings. The predicted molar refractivity (Wildman–Crippen MR) is 127 cm³/mol. The standard InChI is InChI=1S/C25H39N3O6/c29-24(23-18-21-8-4-5-9-22(21)28-23)26-10-12-31-14-16-33-17-15-32-13-11-27-25(30)34-19-20-6-2-1-3-7-20/h1-3,6-7,21-23,28H,4-5,8-19H2,(H,26,29)(H,27,30)/t21-,22-,23-/m0/s1. The van der Waals surface area contributed by atoms with Gasteiger partial charge in [0, 0.05) is 19.1 Å². The number of alkyl carbamates (subject to hydrolysis) is 1. The van der Waals surface area contributed by atoms with Crippen molar-refractivity contribution in [3.8, 4) is 0 Å². The second-order valence-corrected chi connectivity index (χ2v) is 8.72. The van der Waals surface area contributed by atoms with Crippen molar-refractivity contribution in [2.45, 2.75) is 50.8 Å². The number of fused-ring (bicyclic) bond motifs is 1. The molecule has 190 valence electrons. The predicted octanol–water partition coefficient (Wildman–Crippen LogP) is 2.00. The van der Waals surface area contributed by atoms with E-state index in [9.17, 15) is 9.59 Å². The summed E-state index contributed by atoms with van der Waals surface area (Å²) in [5, 5.41) is 9.10. The summed E-state index contributed by atoms with van der Waals surface area (Å²) in [5.41, 5.74) is 0.943. The van der Waals surface area contributed by atoms with Gasteiger partial charge in [0.05, 0.1) is 45.7 Å². The molecule has 2 amide bonds. The Morgan fingerprint density at radius 2 is 1.50 bits per heavy atom. The summed E-state index contributed by atoms with van der Waals surface area (Å²) in [6, 6.07) is 10.00. The van der Waals surface area contributed by atoms with Crippen molar-refractivity contribution >= 4 is 12.0 Å². The topological polar surface area (TPSA) is 107 Å². The molecule has 3 N–H and O–H groups in total. The first kappa shape index (κ1) is 26.4. The molecule has 1 aliphatic heterocycles. The molecule has 0 aromatic heterocycles. The van der Waals surface area contributed by atoms with Crippen molar-refractivity contribution in [2.24, 2.45) is 5.92 Å². The highest BCUT2D eigenvalue weighted by Gasteiger charge is 2.37. The van der Waals surface area contributed by atoms with E-state index < -0.39 is 6.09 Å². The maximum atomic E-state index is 12.3. The third-order valence-corrected chi connectivity index (χ3v) is 6.20. The van der Waals surface area contributed by atoms with Crippen molar-refractivity contribution in [3.63, 3.8) is 0 Å². The van der Waals surface area contributed by atoms with E-state index in [0.29, 0.717) is 64.7 Å². The Bertz CT molecular complexity index is 706. The van der Waals surface area contributed by atoms with Gasteiger partial charge < -0.3 is 34.9 Å². The molecule has 1 saturated heterocycles. The van der Waals surface area contributed by atoms with Gasteiger partial charge in [-0.05, 0) is 30.7 Å². The third kappa shape index (κ3) is 9.97. The van der Waals surface area contributed by atoms with E-state index in [1.807, 2.05) is 30.3 Å². The lowest BCUT2D eigenvalue weighted by atomic mass is 9.85. The van der Waals surface area contributed by atoms with Crippen LogP contribution in [0, 0.1) is 5.92 Å². The number of ether oxygens (including phenoxy) is 4. The minimum atomic E-state index is -0.463. The van der Waals surface area contributed by atoms with Gasteiger partial charge in [-0.1, -0.05) is 43.2 Å². The lowest BCUT2D eigenvalue weighted by Gasteiger charge is -2.24. The molecule has 3 atom stereocenters. The zero-order valence-electron chi connectivity index (χ0n) is 20.0. The van der Waals surface area contributed by atoms with E-state index in [-0.39, 0.29) is 18.6 Å². The van der Waals surface area contributed by atoms with Crippen LogP contribution in [-0.2, 0) is 30.3 Å². The van der Waals surface area contributed by atoms with Gasteiger partial charge in [-0.25, -0.2) is 4.79 Å². The molecule has 1 saturated carbocycles. The molecule has 1 aromatic carbocycles. The van der Waals surface area contributed by atoms with Crippen molar-refractivity contribution < 1.29 is 28.5 Å². The fourth-order valence-electron chi connectivity index (χ4n) is 4.43. The molecule has 2 aliphatic rings. The highest BCUT2D eigenvalue weighted by Crippen LogP contribution is 2.33. The first-order chi connectivity index (χ1) is 16.7. The molecule has 0 unspecified atom stereocenters. The van der Waals surface area contributed by atoms with Gasteiger partial charge in [-0.15, -0.1) is 0 Å². The van der Waals surface area contributed by atoms with Crippen molar-refractivity contribution in [3.05, 3.63) is 35.9 Å². The number of hydrogen-bond donors (Lipinski definition) is 3. The lowest BCUT2D eigenvalue weighted by Crippen LogP contribution is -2.44. The summed E-state index contributed by atoms with van der Waals surface area (Å²) in [6.45, 7) is 3.81. The first-order valence-electron chi connectivity index (χ1n) is 12.4. The Labute approximate surface area is 202 Å². The molecule has 9 heteroatoms. The molecule has 1 aliphatic carbocycles. The number of amides is 2. The molecule has 1 heterocycles. The second kappa shape index (κ2) is 15.7. The molecule has 0 spiro atoms. The largest absolute Gasteiger partial charge is 0.445 e. The van der Waals surface area contributed by atoms with Crippen molar-refractivity contribution in [1.82, 2.24) is 16.0 Å². The number of benzene rings is 1. The SMILES string of the molecule is O=C(NCCOCCOCCOCCNC(=O)[C@@H]1C[C@@H]2CCCC[C@@H]2N1)OCc1ccccc1. The summed E-state index contributed by atoms with van der Waals surface area (Å²) < 4.78 is 21.5. The minimum Gasteiger partial charge on any atom is -0.445 e. The first-order valence-corrected chi connectivity index (χ1v) is 12.4. The van der Waals surface area contributed by atoms with Gasteiger partial charge in [-0.2, -0.15) is 0 Å². The number of rotatable bonds is 15. The maximum absolute atomic E-state index is 12.3. The fraction of sp³-hybridized carbons (Fsp3) is 0.680. The van der Waals surface area contributed by atoms with E-state index in [0.717, 1.165) is 12.0 Å². The van der Waals surface area contributed by atoms with Crippen LogP contribution in [0.25, 0.3) is 0 Å². The molecule has 9 nitrogen and oxygen atoms in total. The molecule has 34 heavy (non-hydrogen) atoms. The van der Waals surface area contributed by atoms with Gasteiger partial charge in [-0.3, -0.25) is 4.79 Å². The molecule has 3 rings (SSSR count). The summed E-state index contributed by atoms with van der Waals surface area (Å²) >= 11 is 0. The van der Waals surface area contributed by atoms with Gasteiger partial charge >= 0.3 is 6.09 Å². The molecular formula is C25H39N3O6. The highest BCUT2D eigenvalue weighted by atomic mass is 16.6. The van der Waals surface area contributed by atoms with Crippen molar-refractivity contribution in [1.29, 1.82) is 0 Å². The molecular weight excluding hydrogens is 438 g/mol. The Balaban J connectivity index is 1.05. The minimum absolute atomic E-state index is 0.0495. The summed E-state index contributed by atoms with van der Waals surface area (Å²) in [5.74, 6) is 0.755. The lowest BCUT2D eigenvalue weighted by molar-refractivity contribution is -0.123. The van der Waals surface area contributed by atoms with E-state index in [1.165, 1.54) is 25.7 Å². The zero-order chi connectivity index (χ0) is 23.8. The van der Waals surface area contributed by atoms with E-state index in [1.54, 1.807) is 0 Å². The number of hydrogen-bond acceptors (Lipinski definition) is 7. The average Bonchev–Trinajstić information content (AvgIpc) is 3.30. The van der Waals surface area contributed by atoms with Crippen LogP contribution in [0.2, 0.25) is 0 Å². The van der Waals surface area contributed by atoms with Crippen LogP contribution in [-0.4, -0.2) is 76.8 Å². The van der Waals surface area contributed by atoms with E-state index in [2.05, 4.69) is 16.0 Å². The number of carbonyl (C=O) groups excluding carboxylic acids is 2. The number of nitrogens with one attached hydrogen (secondary N) is 3. The van der Waals surface area contributed by atoms with Crippen LogP contribution in [0.4, 0.5) is 4.79 Å². The smallest absolute Gasteiger partial charge is 0.407 e. The summed E-state index contributed by atoms with van der Waals surface area (Å²) in [7, 11) is 0. The van der Waals surface area contributed by atoms with Crippen LogP contribution in [0.5, 0.6) is 0 Å². The van der Waals surface area contributed by atoms with Crippen LogP contribution < -0.4 is 16.0 Å².